The highest BCUT2D eigenvalue weighted by Gasteiger charge is 2.03. The number of hydrogen-bond donors (Lipinski definition) is 1. The number of nitro benzene ring substituents is 1. The fourth-order valence-corrected chi connectivity index (χ4v) is 1.99. The largest absolute Gasteiger partial charge is 0.353 e. The molecule has 120 valence electrons. The maximum Gasteiger partial charge on any atom is 0.269 e. The molecule has 0 radical (unpaired) electrons. The molecular weight excluding hydrogens is 282 g/mol. The molecule has 1 N–H and O–H groups in total. The van der Waals surface area contributed by atoms with Crippen LogP contribution in [0.2, 0.25) is 0 Å². The van der Waals surface area contributed by atoms with Gasteiger partial charge in [0, 0.05) is 24.8 Å². The highest BCUT2D eigenvalue weighted by Crippen LogP contribution is 2.12. The molecule has 0 atom stereocenters. The van der Waals surface area contributed by atoms with Crippen LogP contribution >= 0.6 is 0 Å². The van der Waals surface area contributed by atoms with Gasteiger partial charge < -0.3 is 10.2 Å². The van der Waals surface area contributed by atoms with Crippen LogP contribution in [0, 0.1) is 10.1 Å². The summed E-state index contributed by atoms with van der Waals surface area (Å²) in [6, 6.07) is 6.06. The smallest absolute Gasteiger partial charge is 0.269 e. The summed E-state index contributed by atoms with van der Waals surface area (Å²) in [7, 11) is 0. The Balaban J connectivity index is 2.33. The SMILES string of the molecule is CCN(CC)CCCNC(=O)/C=C/c1ccc([N+](=O)[O-])cc1. The first-order valence-corrected chi connectivity index (χ1v) is 7.49. The number of hydrogen-bond acceptors (Lipinski definition) is 4. The summed E-state index contributed by atoms with van der Waals surface area (Å²) in [4.78, 5) is 24.0. The molecule has 0 aromatic heterocycles. The summed E-state index contributed by atoms with van der Waals surface area (Å²) >= 11 is 0. The van der Waals surface area contributed by atoms with E-state index >= 15 is 0 Å². The number of non-ortho nitro benzene ring substituents is 1. The van der Waals surface area contributed by atoms with Crippen molar-refractivity contribution < 1.29 is 9.72 Å². The summed E-state index contributed by atoms with van der Waals surface area (Å²) in [6.07, 6.45) is 4.00. The summed E-state index contributed by atoms with van der Waals surface area (Å²) < 4.78 is 0. The minimum Gasteiger partial charge on any atom is -0.353 e. The number of amides is 1. The normalized spacial score (nSPS) is 11.0. The predicted octanol–water partition coefficient (Wildman–Crippen LogP) is 2.46. The molecule has 0 aliphatic rings. The molecule has 1 aromatic rings. The maximum atomic E-state index is 11.7. The average Bonchev–Trinajstić information content (AvgIpc) is 2.53. The van der Waals surface area contributed by atoms with E-state index in [4.69, 9.17) is 0 Å². The van der Waals surface area contributed by atoms with Gasteiger partial charge in [0.15, 0.2) is 0 Å². The fraction of sp³-hybridized carbons (Fsp3) is 0.438. The fourth-order valence-electron chi connectivity index (χ4n) is 1.99. The van der Waals surface area contributed by atoms with Crippen LogP contribution in [0.1, 0.15) is 25.8 Å². The van der Waals surface area contributed by atoms with Gasteiger partial charge in [-0.1, -0.05) is 13.8 Å². The van der Waals surface area contributed by atoms with Crippen LogP contribution in [0.5, 0.6) is 0 Å². The van der Waals surface area contributed by atoms with Crippen molar-refractivity contribution in [3.63, 3.8) is 0 Å². The Morgan fingerprint density at radius 1 is 1.27 bits per heavy atom. The van der Waals surface area contributed by atoms with E-state index in [1.54, 1.807) is 18.2 Å². The summed E-state index contributed by atoms with van der Waals surface area (Å²) in [5.41, 5.74) is 0.793. The van der Waals surface area contributed by atoms with E-state index in [2.05, 4.69) is 24.1 Å². The van der Waals surface area contributed by atoms with Gasteiger partial charge in [0.2, 0.25) is 5.91 Å². The van der Waals surface area contributed by atoms with Crippen molar-refractivity contribution in [2.45, 2.75) is 20.3 Å². The van der Waals surface area contributed by atoms with E-state index in [1.165, 1.54) is 18.2 Å². The number of nitrogens with zero attached hydrogens (tertiary/aromatic N) is 2. The molecule has 0 bridgehead atoms. The van der Waals surface area contributed by atoms with E-state index in [0.717, 1.165) is 31.6 Å². The Bertz CT molecular complexity index is 508. The zero-order valence-corrected chi connectivity index (χ0v) is 13.1. The van der Waals surface area contributed by atoms with Gasteiger partial charge in [-0.3, -0.25) is 14.9 Å². The van der Waals surface area contributed by atoms with Crippen LogP contribution < -0.4 is 5.32 Å². The zero-order valence-electron chi connectivity index (χ0n) is 13.1. The van der Waals surface area contributed by atoms with Crippen molar-refractivity contribution in [1.29, 1.82) is 0 Å². The van der Waals surface area contributed by atoms with Crippen LogP contribution in [-0.4, -0.2) is 41.9 Å². The third-order valence-electron chi connectivity index (χ3n) is 3.38. The number of nitrogens with one attached hydrogen (secondary N) is 1. The van der Waals surface area contributed by atoms with Crippen LogP contribution in [-0.2, 0) is 4.79 Å². The Hall–Kier alpha value is -2.21. The Morgan fingerprint density at radius 2 is 1.91 bits per heavy atom. The molecule has 6 nitrogen and oxygen atoms in total. The molecule has 1 rings (SSSR count). The number of carbonyl (C=O) groups excluding carboxylic acids is 1. The molecule has 0 unspecified atom stereocenters. The second-order valence-corrected chi connectivity index (χ2v) is 4.85. The molecule has 0 aliphatic heterocycles. The van der Waals surface area contributed by atoms with E-state index in [9.17, 15) is 14.9 Å². The topological polar surface area (TPSA) is 75.5 Å². The van der Waals surface area contributed by atoms with Crippen LogP contribution in [0.15, 0.2) is 30.3 Å². The lowest BCUT2D eigenvalue weighted by Gasteiger charge is -2.17. The standard InChI is InChI=1S/C16H23N3O3/c1-3-18(4-2)13-5-12-17-16(20)11-8-14-6-9-15(10-7-14)19(21)22/h6-11H,3-5,12-13H2,1-2H3,(H,17,20)/b11-8+. The van der Waals surface area contributed by atoms with Gasteiger partial charge in [-0.15, -0.1) is 0 Å². The third kappa shape index (κ3) is 6.49. The number of benzene rings is 1. The number of carbonyl (C=O) groups is 1. The monoisotopic (exact) mass is 305 g/mol. The molecule has 0 fully saturated rings. The lowest BCUT2D eigenvalue weighted by molar-refractivity contribution is -0.384. The minimum atomic E-state index is -0.448. The average molecular weight is 305 g/mol. The first kappa shape index (κ1) is 17.8. The van der Waals surface area contributed by atoms with Gasteiger partial charge in [-0.2, -0.15) is 0 Å². The first-order chi connectivity index (χ1) is 10.6. The van der Waals surface area contributed by atoms with Crippen LogP contribution in [0.3, 0.4) is 0 Å². The van der Waals surface area contributed by atoms with E-state index in [-0.39, 0.29) is 11.6 Å². The van der Waals surface area contributed by atoms with Gasteiger partial charge in [-0.25, -0.2) is 0 Å². The van der Waals surface area contributed by atoms with Crippen molar-refractivity contribution in [3.8, 4) is 0 Å². The van der Waals surface area contributed by atoms with Gasteiger partial charge in [0.05, 0.1) is 4.92 Å². The molecule has 0 saturated heterocycles. The molecular formula is C16H23N3O3. The van der Waals surface area contributed by atoms with Crippen molar-refractivity contribution in [3.05, 3.63) is 46.0 Å². The summed E-state index contributed by atoms with van der Waals surface area (Å²) in [5.74, 6) is -0.155. The third-order valence-corrected chi connectivity index (χ3v) is 3.38. The van der Waals surface area contributed by atoms with Gasteiger partial charge in [0.1, 0.15) is 0 Å². The molecule has 0 saturated carbocycles. The van der Waals surface area contributed by atoms with Gasteiger partial charge in [-0.05, 0) is 49.8 Å². The first-order valence-electron chi connectivity index (χ1n) is 7.49. The highest BCUT2D eigenvalue weighted by atomic mass is 16.6. The van der Waals surface area contributed by atoms with E-state index in [0.29, 0.717) is 6.54 Å². The lowest BCUT2D eigenvalue weighted by atomic mass is 10.2. The van der Waals surface area contributed by atoms with Gasteiger partial charge in [0.25, 0.3) is 5.69 Å². The van der Waals surface area contributed by atoms with E-state index < -0.39 is 4.92 Å². The lowest BCUT2D eigenvalue weighted by Crippen LogP contribution is -2.29. The zero-order chi connectivity index (χ0) is 16.4. The van der Waals surface area contributed by atoms with Crippen LogP contribution in [0.4, 0.5) is 5.69 Å². The second-order valence-electron chi connectivity index (χ2n) is 4.85. The molecule has 0 spiro atoms. The Labute approximate surface area is 131 Å². The molecule has 0 aliphatic carbocycles. The molecule has 1 amide bonds. The molecule has 1 aromatic carbocycles. The number of rotatable bonds is 9. The quantitative estimate of drug-likeness (QED) is 0.329. The minimum absolute atomic E-state index is 0.0398. The van der Waals surface area contributed by atoms with Gasteiger partial charge >= 0.3 is 0 Å². The highest BCUT2D eigenvalue weighted by molar-refractivity contribution is 5.91. The van der Waals surface area contributed by atoms with E-state index in [1.807, 2.05) is 0 Å². The number of nitro groups is 1. The molecule has 6 heteroatoms. The molecule has 0 heterocycles. The van der Waals surface area contributed by atoms with Crippen molar-refractivity contribution in [2.75, 3.05) is 26.2 Å². The van der Waals surface area contributed by atoms with Crippen LogP contribution in [0.25, 0.3) is 6.08 Å². The summed E-state index contributed by atoms with van der Waals surface area (Å²) in [6.45, 7) is 7.89. The van der Waals surface area contributed by atoms with Crippen molar-refractivity contribution >= 4 is 17.7 Å². The predicted molar refractivity (Wildman–Crippen MR) is 87.5 cm³/mol. The Kier molecular flexibility index (Phi) is 7.85. The van der Waals surface area contributed by atoms with Crippen molar-refractivity contribution in [1.82, 2.24) is 10.2 Å². The Morgan fingerprint density at radius 3 is 2.45 bits per heavy atom. The maximum absolute atomic E-state index is 11.7. The van der Waals surface area contributed by atoms with Crippen molar-refractivity contribution in [2.24, 2.45) is 0 Å². The second kappa shape index (κ2) is 9.68. The molecule has 22 heavy (non-hydrogen) atoms. The summed E-state index contributed by atoms with van der Waals surface area (Å²) in [5, 5.41) is 13.4.